The number of hydrogen-bond acceptors (Lipinski definition) is 6. The highest BCUT2D eigenvalue weighted by Crippen LogP contribution is 2.26. The monoisotopic (exact) mass is 360 g/mol. The largest absolute Gasteiger partial charge is 0.375 e. The van der Waals surface area contributed by atoms with Crippen LogP contribution in [0.2, 0.25) is 0 Å². The van der Waals surface area contributed by atoms with E-state index in [1.54, 1.807) is 0 Å². The van der Waals surface area contributed by atoms with Gasteiger partial charge in [0.1, 0.15) is 6.04 Å². The summed E-state index contributed by atoms with van der Waals surface area (Å²) in [6, 6.07) is 7.02. The summed E-state index contributed by atoms with van der Waals surface area (Å²) < 4.78 is 5.49. The highest BCUT2D eigenvalue weighted by atomic mass is 32.1. The fraction of sp³-hybridized carbons (Fsp3) is 0.353. The molecule has 2 aromatic rings. The lowest BCUT2D eigenvalue weighted by atomic mass is 10.1. The normalized spacial score (nSPS) is 20.1. The van der Waals surface area contributed by atoms with Gasteiger partial charge in [0.2, 0.25) is 11.8 Å². The molecule has 1 fully saturated rings. The molecule has 8 heteroatoms. The van der Waals surface area contributed by atoms with Crippen molar-refractivity contribution in [3.63, 3.8) is 0 Å². The maximum atomic E-state index is 12.3. The minimum Gasteiger partial charge on any atom is -0.375 e. The molecule has 0 saturated carbocycles. The van der Waals surface area contributed by atoms with Crippen LogP contribution in [0.25, 0.3) is 11.3 Å². The number of carbonyl (C=O) groups is 2. The standard InChI is InChI=1S/C17H20N4O3S/c1-10-15(18-7-8-24-10)16(23)21-17-20-14(9-25-17)12-3-5-13(6-4-12)19-11(2)22/h3-6,9-10,15,18H,7-8H2,1-2H3,(H,19,22)(H,20,21,23)/t10-,15+/m1/s1. The topological polar surface area (TPSA) is 92.4 Å². The Labute approximate surface area is 149 Å². The van der Waals surface area contributed by atoms with E-state index in [-0.39, 0.29) is 24.0 Å². The molecule has 0 bridgehead atoms. The van der Waals surface area contributed by atoms with Gasteiger partial charge in [0.15, 0.2) is 5.13 Å². The molecule has 3 rings (SSSR count). The first-order valence-corrected chi connectivity index (χ1v) is 8.90. The number of benzene rings is 1. The number of carbonyl (C=O) groups excluding carboxylic acids is 2. The molecule has 1 aliphatic heterocycles. The zero-order valence-electron chi connectivity index (χ0n) is 14.0. The number of morpholine rings is 1. The van der Waals surface area contributed by atoms with Gasteiger partial charge in [-0.05, 0) is 19.1 Å². The van der Waals surface area contributed by atoms with E-state index in [4.69, 9.17) is 4.74 Å². The molecule has 0 aliphatic carbocycles. The van der Waals surface area contributed by atoms with Crippen LogP contribution < -0.4 is 16.0 Å². The molecule has 25 heavy (non-hydrogen) atoms. The second-order valence-corrected chi connectivity index (χ2v) is 6.65. The first-order valence-electron chi connectivity index (χ1n) is 8.02. The van der Waals surface area contributed by atoms with Crippen LogP contribution in [-0.2, 0) is 14.3 Å². The number of aromatic nitrogens is 1. The summed E-state index contributed by atoms with van der Waals surface area (Å²) in [5.74, 6) is -0.255. The van der Waals surface area contributed by atoms with Crippen LogP contribution in [0.4, 0.5) is 10.8 Å². The molecular weight excluding hydrogens is 340 g/mol. The Hall–Kier alpha value is -2.29. The molecule has 1 aromatic carbocycles. The van der Waals surface area contributed by atoms with E-state index in [0.29, 0.717) is 18.3 Å². The van der Waals surface area contributed by atoms with Gasteiger partial charge in [0.25, 0.3) is 0 Å². The molecule has 2 atom stereocenters. The summed E-state index contributed by atoms with van der Waals surface area (Å²) >= 11 is 1.37. The summed E-state index contributed by atoms with van der Waals surface area (Å²) in [6.07, 6.45) is -0.172. The Morgan fingerprint density at radius 1 is 1.28 bits per heavy atom. The van der Waals surface area contributed by atoms with Gasteiger partial charge in [-0.3, -0.25) is 9.59 Å². The molecule has 2 heterocycles. The van der Waals surface area contributed by atoms with E-state index in [1.807, 2.05) is 36.6 Å². The third-order valence-corrected chi connectivity index (χ3v) is 4.59. The lowest BCUT2D eigenvalue weighted by molar-refractivity contribution is -0.123. The fourth-order valence-corrected chi connectivity index (χ4v) is 3.32. The van der Waals surface area contributed by atoms with Crippen LogP contribution in [0.1, 0.15) is 13.8 Å². The predicted octanol–water partition coefficient (Wildman–Crippen LogP) is 2.08. The number of nitrogens with one attached hydrogen (secondary N) is 3. The molecule has 1 saturated heterocycles. The van der Waals surface area contributed by atoms with Crippen molar-refractivity contribution < 1.29 is 14.3 Å². The number of hydrogen-bond donors (Lipinski definition) is 3. The van der Waals surface area contributed by atoms with E-state index >= 15 is 0 Å². The number of amides is 2. The zero-order valence-corrected chi connectivity index (χ0v) is 14.9. The van der Waals surface area contributed by atoms with E-state index in [0.717, 1.165) is 16.9 Å². The number of ether oxygens (including phenoxy) is 1. The van der Waals surface area contributed by atoms with Crippen molar-refractivity contribution in [3.8, 4) is 11.3 Å². The number of nitrogens with zero attached hydrogens (tertiary/aromatic N) is 1. The van der Waals surface area contributed by atoms with Crippen LogP contribution in [0.3, 0.4) is 0 Å². The molecule has 1 aromatic heterocycles. The minimum absolute atomic E-state index is 0.110. The van der Waals surface area contributed by atoms with E-state index in [9.17, 15) is 9.59 Å². The first-order chi connectivity index (χ1) is 12.0. The maximum Gasteiger partial charge on any atom is 0.245 e. The number of rotatable bonds is 4. The van der Waals surface area contributed by atoms with Crippen LogP contribution in [0, 0.1) is 0 Å². The van der Waals surface area contributed by atoms with Crippen molar-refractivity contribution in [1.82, 2.24) is 10.3 Å². The van der Waals surface area contributed by atoms with Crippen LogP contribution in [0.15, 0.2) is 29.6 Å². The molecule has 3 N–H and O–H groups in total. The Kier molecular flexibility index (Phi) is 5.42. The lowest BCUT2D eigenvalue weighted by Gasteiger charge is -2.28. The molecule has 7 nitrogen and oxygen atoms in total. The van der Waals surface area contributed by atoms with Crippen LogP contribution >= 0.6 is 11.3 Å². The minimum atomic E-state index is -0.377. The first kappa shape index (κ1) is 17.5. The van der Waals surface area contributed by atoms with E-state index in [2.05, 4.69) is 20.9 Å². The molecule has 2 amide bonds. The van der Waals surface area contributed by atoms with Crippen LogP contribution in [0.5, 0.6) is 0 Å². The average molecular weight is 360 g/mol. The van der Waals surface area contributed by atoms with Gasteiger partial charge in [-0.15, -0.1) is 11.3 Å². The fourth-order valence-electron chi connectivity index (χ4n) is 2.60. The van der Waals surface area contributed by atoms with Gasteiger partial charge in [0.05, 0.1) is 18.4 Å². The Balaban J connectivity index is 1.65. The van der Waals surface area contributed by atoms with Gasteiger partial charge in [-0.1, -0.05) is 12.1 Å². The highest BCUT2D eigenvalue weighted by molar-refractivity contribution is 7.14. The lowest BCUT2D eigenvalue weighted by Crippen LogP contribution is -2.53. The molecule has 132 valence electrons. The summed E-state index contributed by atoms with van der Waals surface area (Å²) in [5, 5.41) is 11.1. The second kappa shape index (κ2) is 7.73. The maximum absolute atomic E-state index is 12.3. The van der Waals surface area contributed by atoms with E-state index in [1.165, 1.54) is 18.3 Å². The smallest absolute Gasteiger partial charge is 0.245 e. The highest BCUT2D eigenvalue weighted by Gasteiger charge is 2.28. The molecular formula is C17H20N4O3S. The summed E-state index contributed by atoms with van der Waals surface area (Å²) in [5.41, 5.74) is 2.42. The predicted molar refractivity (Wildman–Crippen MR) is 97.7 cm³/mol. The zero-order chi connectivity index (χ0) is 17.8. The van der Waals surface area contributed by atoms with Gasteiger partial charge < -0.3 is 20.7 Å². The van der Waals surface area contributed by atoms with Crippen molar-refractivity contribution >= 4 is 34.0 Å². The third-order valence-electron chi connectivity index (χ3n) is 3.83. The Morgan fingerprint density at radius 2 is 2.04 bits per heavy atom. The van der Waals surface area contributed by atoms with Gasteiger partial charge in [-0.2, -0.15) is 0 Å². The third kappa shape index (κ3) is 4.41. The van der Waals surface area contributed by atoms with E-state index < -0.39 is 0 Å². The molecule has 1 aliphatic rings. The molecule has 0 radical (unpaired) electrons. The molecule has 0 unspecified atom stereocenters. The van der Waals surface area contributed by atoms with Gasteiger partial charge in [-0.25, -0.2) is 4.98 Å². The number of thiazole rings is 1. The van der Waals surface area contributed by atoms with Crippen molar-refractivity contribution in [2.75, 3.05) is 23.8 Å². The summed E-state index contributed by atoms with van der Waals surface area (Å²) in [4.78, 5) is 27.9. The van der Waals surface area contributed by atoms with Gasteiger partial charge in [0, 0.05) is 30.1 Å². The molecule has 0 spiro atoms. The van der Waals surface area contributed by atoms with Crippen molar-refractivity contribution in [2.24, 2.45) is 0 Å². The average Bonchev–Trinajstić information content (AvgIpc) is 3.04. The summed E-state index contributed by atoms with van der Waals surface area (Å²) in [6.45, 7) is 4.61. The van der Waals surface area contributed by atoms with Crippen molar-refractivity contribution in [1.29, 1.82) is 0 Å². The Bertz CT molecular complexity index is 760. The van der Waals surface area contributed by atoms with Gasteiger partial charge >= 0.3 is 0 Å². The second-order valence-electron chi connectivity index (χ2n) is 5.79. The number of anilines is 2. The SMILES string of the molecule is CC(=O)Nc1ccc(-c2csc(NC(=O)[C@H]3NCCO[C@@H]3C)n2)cc1. The van der Waals surface area contributed by atoms with Crippen molar-refractivity contribution in [3.05, 3.63) is 29.6 Å². The van der Waals surface area contributed by atoms with Crippen LogP contribution in [-0.4, -0.2) is 42.1 Å². The summed E-state index contributed by atoms with van der Waals surface area (Å²) in [7, 11) is 0. The quantitative estimate of drug-likeness (QED) is 0.776. The van der Waals surface area contributed by atoms with Crippen molar-refractivity contribution in [2.45, 2.75) is 26.0 Å². The Morgan fingerprint density at radius 3 is 2.72 bits per heavy atom.